The SMILES string of the molecule is Cc1cccc(-c2cc(C(F)(F)Cl)c(C#N)c(=O)n2Cc2ccccc2)c1. The molecular formula is C21H15ClF2N2O. The van der Waals surface area contributed by atoms with Crippen LogP contribution in [0.15, 0.2) is 65.5 Å². The molecule has 0 fully saturated rings. The van der Waals surface area contributed by atoms with Crippen molar-refractivity contribution in [2.45, 2.75) is 18.9 Å². The first-order chi connectivity index (χ1) is 12.8. The van der Waals surface area contributed by atoms with Gasteiger partial charge in [0.15, 0.2) is 0 Å². The van der Waals surface area contributed by atoms with E-state index in [0.29, 0.717) is 5.56 Å². The van der Waals surface area contributed by atoms with Gasteiger partial charge in [0.05, 0.1) is 17.8 Å². The van der Waals surface area contributed by atoms with Gasteiger partial charge in [0.1, 0.15) is 11.6 Å². The Labute approximate surface area is 160 Å². The molecule has 136 valence electrons. The standard InChI is InChI=1S/C21H15ClF2N2O/c1-14-6-5-9-16(10-14)19-11-18(21(22,23)24)17(12-25)20(27)26(19)13-15-7-3-2-4-8-15/h2-11H,13H2,1H3. The maximum absolute atomic E-state index is 13.9. The van der Waals surface area contributed by atoms with Gasteiger partial charge in [-0.15, -0.1) is 0 Å². The largest absolute Gasteiger partial charge is 0.349 e. The molecule has 0 bridgehead atoms. The quantitative estimate of drug-likeness (QED) is 0.592. The molecule has 0 radical (unpaired) electrons. The first kappa shape index (κ1) is 18.8. The summed E-state index contributed by atoms with van der Waals surface area (Å²) >= 11 is 5.19. The third kappa shape index (κ3) is 3.91. The van der Waals surface area contributed by atoms with E-state index in [1.54, 1.807) is 24.3 Å². The van der Waals surface area contributed by atoms with Crippen LogP contribution in [0.25, 0.3) is 11.3 Å². The second kappa shape index (κ2) is 7.34. The minimum Gasteiger partial charge on any atom is -0.303 e. The van der Waals surface area contributed by atoms with Crippen molar-refractivity contribution in [3.05, 3.63) is 93.3 Å². The zero-order valence-corrected chi connectivity index (χ0v) is 15.2. The second-order valence-electron chi connectivity index (χ2n) is 6.17. The van der Waals surface area contributed by atoms with E-state index in [4.69, 9.17) is 11.6 Å². The number of benzene rings is 2. The summed E-state index contributed by atoms with van der Waals surface area (Å²) in [6.07, 6.45) is 0. The van der Waals surface area contributed by atoms with Crippen molar-refractivity contribution in [1.29, 1.82) is 5.26 Å². The Balaban J connectivity index is 2.33. The van der Waals surface area contributed by atoms with Crippen LogP contribution in [0, 0.1) is 18.3 Å². The average molecular weight is 385 g/mol. The molecule has 0 aliphatic heterocycles. The Hall–Kier alpha value is -2.97. The molecule has 0 saturated carbocycles. The van der Waals surface area contributed by atoms with Crippen molar-refractivity contribution in [2.24, 2.45) is 0 Å². The lowest BCUT2D eigenvalue weighted by Gasteiger charge is -2.18. The van der Waals surface area contributed by atoms with Crippen LogP contribution in [0.4, 0.5) is 8.78 Å². The van der Waals surface area contributed by atoms with Gasteiger partial charge in [0.25, 0.3) is 5.56 Å². The number of aryl methyl sites for hydroxylation is 1. The first-order valence-electron chi connectivity index (χ1n) is 8.17. The molecule has 0 atom stereocenters. The Morgan fingerprint density at radius 3 is 2.41 bits per heavy atom. The van der Waals surface area contributed by atoms with Crippen molar-refractivity contribution < 1.29 is 8.78 Å². The Bertz CT molecular complexity index is 1080. The summed E-state index contributed by atoms with van der Waals surface area (Å²) in [5, 5.41) is 5.48. The zero-order chi connectivity index (χ0) is 19.6. The molecule has 3 aromatic rings. The minimum absolute atomic E-state index is 0.145. The van der Waals surface area contributed by atoms with Crippen molar-refractivity contribution >= 4 is 11.6 Å². The van der Waals surface area contributed by atoms with Crippen LogP contribution in [0.2, 0.25) is 0 Å². The number of hydrogen-bond donors (Lipinski definition) is 0. The molecular weight excluding hydrogens is 370 g/mol. The van der Waals surface area contributed by atoms with Gasteiger partial charge < -0.3 is 4.57 Å². The van der Waals surface area contributed by atoms with Gasteiger partial charge in [-0.1, -0.05) is 54.1 Å². The van der Waals surface area contributed by atoms with Gasteiger partial charge in [-0.25, -0.2) is 0 Å². The highest BCUT2D eigenvalue weighted by molar-refractivity contribution is 6.22. The molecule has 3 nitrogen and oxygen atoms in total. The second-order valence-corrected chi connectivity index (χ2v) is 6.65. The molecule has 6 heteroatoms. The van der Waals surface area contributed by atoms with Crippen LogP contribution in [0.3, 0.4) is 0 Å². The topological polar surface area (TPSA) is 45.8 Å². The van der Waals surface area contributed by atoms with E-state index < -0.39 is 22.1 Å². The molecule has 0 unspecified atom stereocenters. The van der Waals surface area contributed by atoms with Crippen LogP contribution in [0.1, 0.15) is 22.3 Å². The molecule has 1 aromatic heterocycles. The molecule has 0 aliphatic carbocycles. The van der Waals surface area contributed by atoms with Crippen LogP contribution in [-0.4, -0.2) is 4.57 Å². The van der Waals surface area contributed by atoms with E-state index in [-0.39, 0.29) is 12.2 Å². The molecule has 3 rings (SSSR count). The van der Waals surface area contributed by atoms with E-state index >= 15 is 0 Å². The number of aromatic nitrogens is 1. The molecule has 0 N–H and O–H groups in total. The number of hydrogen-bond acceptors (Lipinski definition) is 2. The number of pyridine rings is 1. The highest BCUT2D eigenvalue weighted by Gasteiger charge is 2.34. The van der Waals surface area contributed by atoms with E-state index in [1.165, 1.54) is 4.57 Å². The van der Waals surface area contributed by atoms with Gasteiger partial charge in [-0.2, -0.15) is 14.0 Å². The number of halogens is 3. The van der Waals surface area contributed by atoms with Crippen LogP contribution in [-0.2, 0) is 11.9 Å². The maximum Gasteiger partial charge on any atom is 0.349 e. The molecule has 2 aromatic carbocycles. The summed E-state index contributed by atoms with van der Waals surface area (Å²) < 4.78 is 29.1. The predicted octanol–water partition coefficient (Wildman–Crippen LogP) is 5.03. The van der Waals surface area contributed by atoms with Gasteiger partial charge in [-0.3, -0.25) is 4.79 Å². The fourth-order valence-corrected chi connectivity index (χ4v) is 3.09. The van der Waals surface area contributed by atoms with Crippen LogP contribution < -0.4 is 5.56 Å². The Kier molecular flexibility index (Phi) is 5.11. The fourth-order valence-electron chi connectivity index (χ4n) is 2.94. The minimum atomic E-state index is -3.82. The molecule has 0 spiro atoms. The van der Waals surface area contributed by atoms with Gasteiger partial charge >= 0.3 is 5.38 Å². The first-order valence-corrected chi connectivity index (χ1v) is 8.55. The number of nitriles is 1. The highest BCUT2D eigenvalue weighted by Crippen LogP contribution is 2.36. The summed E-state index contributed by atoms with van der Waals surface area (Å²) in [7, 11) is 0. The summed E-state index contributed by atoms with van der Waals surface area (Å²) in [5.41, 5.74) is 0.365. The van der Waals surface area contributed by atoms with Crippen molar-refractivity contribution in [1.82, 2.24) is 4.57 Å². The molecule has 27 heavy (non-hydrogen) atoms. The molecule has 0 amide bonds. The third-order valence-corrected chi connectivity index (χ3v) is 4.42. The predicted molar refractivity (Wildman–Crippen MR) is 101 cm³/mol. The van der Waals surface area contributed by atoms with E-state index in [0.717, 1.165) is 17.2 Å². The van der Waals surface area contributed by atoms with Gasteiger partial charge in [-0.05, 0) is 41.8 Å². The van der Waals surface area contributed by atoms with E-state index in [2.05, 4.69) is 0 Å². The van der Waals surface area contributed by atoms with Crippen LogP contribution >= 0.6 is 11.6 Å². The Morgan fingerprint density at radius 1 is 1.11 bits per heavy atom. The van der Waals surface area contributed by atoms with Crippen molar-refractivity contribution in [2.75, 3.05) is 0 Å². The fraction of sp³-hybridized carbons (Fsp3) is 0.143. The summed E-state index contributed by atoms with van der Waals surface area (Å²) in [6.45, 7) is 2.01. The lowest BCUT2D eigenvalue weighted by atomic mass is 10.0. The van der Waals surface area contributed by atoms with E-state index in [9.17, 15) is 18.8 Å². The Morgan fingerprint density at radius 2 is 1.81 bits per heavy atom. The monoisotopic (exact) mass is 384 g/mol. The normalized spacial score (nSPS) is 11.2. The van der Waals surface area contributed by atoms with Crippen LogP contribution in [0.5, 0.6) is 0 Å². The molecule has 0 aliphatic rings. The van der Waals surface area contributed by atoms with Crippen molar-refractivity contribution in [3.8, 4) is 17.3 Å². The highest BCUT2D eigenvalue weighted by atomic mass is 35.5. The zero-order valence-electron chi connectivity index (χ0n) is 14.4. The summed E-state index contributed by atoms with van der Waals surface area (Å²) in [5.74, 6) is 0. The molecule has 0 saturated heterocycles. The van der Waals surface area contributed by atoms with Gasteiger partial charge in [0, 0.05) is 0 Å². The third-order valence-electron chi connectivity index (χ3n) is 4.21. The maximum atomic E-state index is 13.9. The average Bonchev–Trinajstić information content (AvgIpc) is 2.63. The van der Waals surface area contributed by atoms with E-state index in [1.807, 2.05) is 43.3 Å². The summed E-state index contributed by atoms with van der Waals surface area (Å²) in [6, 6.07) is 19.0. The van der Waals surface area contributed by atoms with Gasteiger partial charge in [0.2, 0.25) is 0 Å². The summed E-state index contributed by atoms with van der Waals surface area (Å²) in [4.78, 5) is 12.9. The number of nitrogens with zero attached hydrogens (tertiary/aromatic N) is 2. The number of rotatable bonds is 4. The smallest absolute Gasteiger partial charge is 0.303 e. The number of alkyl halides is 3. The lowest BCUT2D eigenvalue weighted by molar-refractivity contribution is 0.0945. The van der Waals surface area contributed by atoms with Crippen molar-refractivity contribution in [3.63, 3.8) is 0 Å². The lowest BCUT2D eigenvalue weighted by Crippen LogP contribution is -2.28. The molecule has 1 heterocycles.